The average Bonchev–Trinajstić information content (AvgIpc) is 2.43. The normalized spacial score (nSPS) is 10.4. The standard InChI is InChI=1S/C15H11BrF2O2/c1-8-7-9(3-6-12(8)20-2)15(19)13-11(17)5-4-10(16)14(13)18/h3-7H,1-2H3. The quantitative estimate of drug-likeness (QED) is 0.615. The van der Waals surface area contributed by atoms with Gasteiger partial charge in [0, 0.05) is 5.56 Å². The average molecular weight is 341 g/mol. The second-order valence-electron chi connectivity index (χ2n) is 4.23. The highest BCUT2D eigenvalue weighted by Crippen LogP contribution is 2.26. The van der Waals surface area contributed by atoms with Crippen molar-refractivity contribution >= 4 is 21.7 Å². The molecule has 5 heteroatoms. The zero-order valence-electron chi connectivity index (χ0n) is 10.8. The summed E-state index contributed by atoms with van der Waals surface area (Å²) < 4.78 is 32.8. The maximum Gasteiger partial charge on any atom is 0.198 e. The molecule has 0 atom stereocenters. The minimum absolute atomic E-state index is 0.0486. The van der Waals surface area contributed by atoms with Gasteiger partial charge in [-0.25, -0.2) is 8.78 Å². The van der Waals surface area contributed by atoms with E-state index < -0.39 is 23.0 Å². The van der Waals surface area contributed by atoms with E-state index in [4.69, 9.17) is 4.74 Å². The van der Waals surface area contributed by atoms with Crippen molar-refractivity contribution in [2.24, 2.45) is 0 Å². The summed E-state index contributed by atoms with van der Waals surface area (Å²) in [4.78, 5) is 12.3. The van der Waals surface area contributed by atoms with Crippen molar-refractivity contribution in [3.05, 3.63) is 63.1 Å². The van der Waals surface area contributed by atoms with Crippen LogP contribution in [0.25, 0.3) is 0 Å². The molecule has 0 spiro atoms. The maximum atomic E-state index is 13.9. The highest BCUT2D eigenvalue weighted by molar-refractivity contribution is 9.10. The van der Waals surface area contributed by atoms with Crippen LogP contribution in [0.5, 0.6) is 5.75 Å². The Bertz CT molecular complexity index is 684. The molecule has 0 aliphatic heterocycles. The zero-order valence-corrected chi connectivity index (χ0v) is 12.4. The second-order valence-corrected chi connectivity index (χ2v) is 5.09. The number of aryl methyl sites for hydroxylation is 1. The van der Waals surface area contributed by atoms with Gasteiger partial charge < -0.3 is 4.74 Å². The van der Waals surface area contributed by atoms with Crippen LogP contribution < -0.4 is 4.74 Å². The first-order chi connectivity index (χ1) is 9.45. The van der Waals surface area contributed by atoms with Crippen molar-refractivity contribution in [3.63, 3.8) is 0 Å². The van der Waals surface area contributed by atoms with Crippen LogP contribution in [0.1, 0.15) is 21.5 Å². The molecule has 2 rings (SSSR count). The predicted octanol–water partition coefficient (Wildman–Crippen LogP) is 4.28. The van der Waals surface area contributed by atoms with Crippen LogP contribution in [0, 0.1) is 18.6 Å². The molecule has 2 nitrogen and oxygen atoms in total. The molecule has 0 bridgehead atoms. The number of methoxy groups -OCH3 is 1. The Morgan fingerprint density at radius 1 is 1.20 bits per heavy atom. The molecular formula is C15H11BrF2O2. The molecule has 0 heterocycles. The molecular weight excluding hydrogens is 330 g/mol. The van der Waals surface area contributed by atoms with Crippen LogP contribution in [-0.4, -0.2) is 12.9 Å². The number of rotatable bonds is 3. The first-order valence-electron chi connectivity index (χ1n) is 5.78. The molecule has 0 aromatic heterocycles. The lowest BCUT2D eigenvalue weighted by Gasteiger charge is -2.09. The van der Waals surface area contributed by atoms with Crippen LogP contribution in [0.15, 0.2) is 34.8 Å². The van der Waals surface area contributed by atoms with Crippen molar-refractivity contribution < 1.29 is 18.3 Å². The molecule has 0 fully saturated rings. The number of hydrogen-bond acceptors (Lipinski definition) is 2. The van der Waals surface area contributed by atoms with Gasteiger partial charge in [-0.15, -0.1) is 0 Å². The van der Waals surface area contributed by atoms with Crippen molar-refractivity contribution in [1.82, 2.24) is 0 Å². The van der Waals surface area contributed by atoms with Gasteiger partial charge in [0.15, 0.2) is 11.6 Å². The molecule has 0 aliphatic carbocycles. The largest absolute Gasteiger partial charge is 0.496 e. The third-order valence-corrected chi connectivity index (χ3v) is 3.54. The SMILES string of the molecule is COc1ccc(C(=O)c2c(F)ccc(Br)c2F)cc1C. The van der Waals surface area contributed by atoms with E-state index in [9.17, 15) is 13.6 Å². The van der Waals surface area contributed by atoms with Crippen LogP contribution >= 0.6 is 15.9 Å². The van der Waals surface area contributed by atoms with Gasteiger partial charge in [0.1, 0.15) is 11.6 Å². The van der Waals surface area contributed by atoms with E-state index in [2.05, 4.69) is 15.9 Å². The van der Waals surface area contributed by atoms with Crippen molar-refractivity contribution in [2.75, 3.05) is 7.11 Å². The third kappa shape index (κ3) is 2.58. The highest BCUT2D eigenvalue weighted by Gasteiger charge is 2.21. The van der Waals surface area contributed by atoms with E-state index in [1.165, 1.54) is 19.2 Å². The fourth-order valence-corrected chi connectivity index (χ4v) is 2.23. The van der Waals surface area contributed by atoms with Gasteiger partial charge in [-0.3, -0.25) is 4.79 Å². The molecule has 0 amide bonds. The molecule has 2 aromatic carbocycles. The Hall–Kier alpha value is -1.75. The van der Waals surface area contributed by atoms with E-state index in [1.807, 2.05) is 0 Å². The van der Waals surface area contributed by atoms with Crippen LogP contribution in [0.2, 0.25) is 0 Å². The zero-order chi connectivity index (χ0) is 14.9. The lowest BCUT2D eigenvalue weighted by Crippen LogP contribution is -2.08. The molecule has 0 unspecified atom stereocenters. The van der Waals surface area contributed by atoms with Gasteiger partial charge in [-0.1, -0.05) is 0 Å². The molecule has 104 valence electrons. The summed E-state index contributed by atoms with van der Waals surface area (Å²) in [5, 5.41) is 0. The predicted molar refractivity (Wildman–Crippen MR) is 75.2 cm³/mol. The van der Waals surface area contributed by atoms with E-state index in [0.29, 0.717) is 11.3 Å². The van der Waals surface area contributed by atoms with Gasteiger partial charge in [0.2, 0.25) is 0 Å². The van der Waals surface area contributed by atoms with Crippen LogP contribution in [0.4, 0.5) is 8.78 Å². The first-order valence-corrected chi connectivity index (χ1v) is 6.58. The number of benzene rings is 2. The van der Waals surface area contributed by atoms with E-state index in [-0.39, 0.29) is 10.0 Å². The minimum atomic E-state index is -0.900. The Balaban J connectivity index is 2.52. The number of carbonyl (C=O) groups is 1. The van der Waals surface area contributed by atoms with Crippen LogP contribution in [0.3, 0.4) is 0 Å². The fourth-order valence-electron chi connectivity index (χ4n) is 1.90. The van der Waals surface area contributed by atoms with Crippen molar-refractivity contribution in [1.29, 1.82) is 0 Å². The fraction of sp³-hybridized carbons (Fsp3) is 0.133. The molecule has 0 saturated carbocycles. The van der Waals surface area contributed by atoms with Gasteiger partial charge in [0.25, 0.3) is 0 Å². The van der Waals surface area contributed by atoms with Gasteiger partial charge in [0.05, 0.1) is 17.1 Å². The number of carbonyl (C=O) groups excluding carboxylic acids is 1. The van der Waals surface area contributed by atoms with Crippen molar-refractivity contribution in [3.8, 4) is 5.75 Å². The third-order valence-electron chi connectivity index (χ3n) is 2.93. The monoisotopic (exact) mass is 340 g/mol. The molecule has 0 aliphatic rings. The Kier molecular flexibility index (Phi) is 4.18. The molecule has 20 heavy (non-hydrogen) atoms. The number of ketones is 1. The second kappa shape index (κ2) is 5.71. The van der Waals surface area contributed by atoms with Crippen LogP contribution in [-0.2, 0) is 0 Å². The summed E-state index contributed by atoms with van der Waals surface area (Å²) in [5.41, 5.74) is 0.359. The minimum Gasteiger partial charge on any atom is -0.496 e. The Morgan fingerprint density at radius 2 is 1.90 bits per heavy atom. The summed E-state index contributed by atoms with van der Waals surface area (Å²) in [5.74, 6) is -1.88. The summed E-state index contributed by atoms with van der Waals surface area (Å²) in [6.07, 6.45) is 0. The van der Waals surface area contributed by atoms with E-state index >= 15 is 0 Å². The molecule has 0 saturated heterocycles. The van der Waals surface area contributed by atoms with Gasteiger partial charge in [-0.05, 0) is 58.7 Å². The first kappa shape index (κ1) is 14.7. The van der Waals surface area contributed by atoms with Crippen molar-refractivity contribution in [2.45, 2.75) is 6.92 Å². The topological polar surface area (TPSA) is 26.3 Å². The number of ether oxygens (including phenoxy) is 1. The van der Waals surface area contributed by atoms with E-state index in [0.717, 1.165) is 6.07 Å². The lowest BCUT2D eigenvalue weighted by molar-refractivity contribution is 0.103. The number of hydrogen-bond donors (Lipinski definition) is 0. The summed E-state index contributed by atoms with van der Waals surface area (Å²) in [6.45, 7) is 1.75. The summed E-state index contributed by atoms with van der Waals surface area (Å²) in [6, 6.07) is 6.89. The Labute approximate surface area is 123 Å². The summed E-state index contributed by atoms with van der Waals surface area (Å²) >= 11 is 2.94. The number of halogens is 3. The highest BCUT2D eigenvalue weighted by atomic mass is 79.9. The molecule has 2 aromatic rings. The maximum absolute atomic E-state index is 13.9. The summed E-state index contributed by atoms with van der Waals surface area (Å²) in [7, 11) is 1.51. The van der Waals surface area contributed by atoms with E-state index in [1.54, 1.807) is 19.1 Å². The molecule has 0 radical (unpaired) electrons. The lowest BCUT2D eigenvalue weighted by atomic mass is 10.0. The smallest absolute Gasteiger partial charge is 0.198 e. The Morgan fingerprint density at radius 3 is 2.50 bits per heavy atom. The van der Waals surface area contributed by atoms with Gasteiger partial charge in [-0.2, -0.15) is 0 Å². The van der Waals surface area contributed by atoms with Gasteiger partial charge >= 0.3 is 0 Å². The molecule has 0 N–H and O–H groups in total.